The van der Waals surface area contributed by atoms with Gasteiger partial charge in [0.1, 0.15) is 16.9 Å². The molecule has 0 aliphatic rings. The van der Waals surface area contributed by atoms with E-state index in [-0.39, 0.29) is 16.9 Å². The molecule has 1 amide bonds. The Kier molecular flexibility index (Phi) is 2.96. The van der Waals surface area contributed by atoms with E-state index in [9.17, 15) is 9.90 Å². The Morgan fingerprint density at radius 3 is 3.00 bits per heavy atom. The highest BCUT2D eigenvalue weighted by molar-refractivity contribution is 7.13. The normalized spacial score (nSPS) is 10.6. The zero-order valence-electron chi connectivity index (χ0n) is 10.1. The van der Waals surface area contributed by atoms with Crippen molar-refractivity contribution in [1.82, 2.24) is 4.98 Å². The summed E-state index contributed by atoms with van der Waals surface area (Å²) in [6, 6.07) is 6.05. The number of thiazole rings is 1. The van der Waals surface area contributed by atoms with Crippen LogP contribution in [0.25, 0.3) is 11.0 Å². The number of phenolic OH excluding ortho intramolecular Hbond substituents is 1. The number of phenols is 1. The number of rotatable bonds is 2. The van der Waals surface area contributed by atoms with Crippen LogP contribution >= 0.6 is 11.3 Å². The molecule has 100 valence electrons. The molecule has 0 saturated heterocycles. The molecule has 0 fully saturated rings. The van der Waals surface area contributed by atoms with E-state index in [1.165, 1.54) is 23.5 Å². The van der Waals surface area contributed by atoms with E-state index in [1.807, 2.05) is 0 Å². The predicted octanol–water partition coefficient (Wildman–Crippen LogP) is 2.33. The minimum absolute atomic E-state index is 0.0423. The second kappa shape index (κ2) is 4.78. The van der Waals surface area contributed by atoms with Crippen molar-refractivity contribution in [2.45, 2.75) is 0 Å². The molecule has 1 aromatic carbocycles. The van der Waals surface area contributed by atoms with E-state index in [4.69, 9.17) is 9.83 Å². The molecule has 0 unspecified atom stereocenters. The number of carbonyl (C=O) groups excluding carboxylic acids is 1. The molecule has 3 N–H and O–H groups in total. The average molecular weight is 287 g/mol. The zero-order chi connectivity index (χ0) is 14.1. The number of nitrogens with zero attached hydrogens (tertiary/aromatic N) is 1. The smallest absolute Gasteiger partial charge is 0.262 e. The number of hydrogen-bond donors (Lipinski definition) is 3. The maximum atomic E-state index is 12.1. The number of aromatic nitrogens is 1. The summed E-state index contributed by atoms with van der Waals surface area (Å²) in [6.07, 6.45) is 1.58. The van der Waals surface area contributed by atoms with Crippen molar-refractivity contribution in [2.24, 2.45) is 0 Å². The van der Waals surface area contributed by atoms with Gasteiger partial charge in [-0.3, -0.25) is 15.5 Å². The summed E-state index contributed by atoms with van der Waals surface area (Å²) in [7, 11) is 0. The molecule has 0 atom stereocenters. The molecule has 2 heterocycles. The summed E-state index contributed by atoms with van der Waals surface area (Å²) in [4.78, 5) is 16.0. The van der Waals surface area contributed by atoms with Crippen molar-refractivity contribution in [1.29, 1.82) is 5.41 Å². The number of fused-ring (bicyclic) bond motifs is 1. The van der Waals surface area contributed by atoms with Gasteiger partial charge in [-0.2, -0.15) is 0 Å². The van der Waals surface area contributed by atoms with Crippen LogP contribution in [0, 0.1) is 5.41 Å². The van der Waals surface area contributed by atoms with E-state index in [0.717, 1.165) is 0 Å². The third-order valence-electron chi connectivity index (χ3n) is 2.65. The largest absolute Gasteiger partial charge is 0.508 e. The molecule has 7 heteroatoms. The van der Waals surface area contributed by atoms with Crippen LogP contribution in [0.4, 0.5) is 5.13 Å². The second-order valence-electron chi connectivity index (χ2n) is 4.00. The number of hydrogen-bond acceptors (Lipinski definition) is 6. The van der Waals surface area contributed by atoms with Crippen LogP contribution in [-0.2, 0) is 0 Å². The fourth-order valence-corrected chi connectivity index (χ4v) is 2.26. The first kappa shape index (κ1) is 12.4. The SMILES string of the molecule is N=c1oc2cc(O)ccc2cc1C(=O)Nc1nccs1. The van der Waals surface area contributed by atoms with Crippen LogP contribution in [0.2, 0.25) is 0 Å². The summed E-state index contributed by atoms with van der Waals surface area (Å²) in [5.74, 6) is -0.413. The Bertz CT molecular complexity index is 840. The lowest BCUT2D eigenvalue weighted by Crippen LogP contribution is -2.20. The summed E-state index contributed by atoms with van der Waals surface area (Å²) < 4.78 is 5.24. The standard InChI is InChI=1S/C13H9N3O3S/c14-11-9(12(18)16-13-15-3-4-20-13)5-7-1-2-8(17)6-10(7)19-11/h1-6,14,17H,(H,15,16,18). The molecule has 20 heavy (non-hydrogen) atoms. The minimum Gasteiger partial charge on any atom is -0.508 e. The Morgan fingerprint density at radius 1 is 1.40 bits per heavy atom. The molecular weight excluding hydrogens is 278 g/mol. The Balaban J connectivity index is 2.03. The van der Waals surface area contributed by atoms with Crippen LogP contribution in [-0.4, -0.2) is 16.0 Å². The van der Waals surface area contributed by atoms with Gasteiger partial charge in [0.15, 0.2) is 5.13 Å². The maximum Gasteiger partial charge on any atom is 0.262 e. The van der Waals surface area contributed by atoms with Gasteiger partial charge in [-0.05, 0) is 18.2 Å². The molecule has 0 bridgehead atoms. The molecule has 6 nitrogen and oxygen atoms in total. The van der Waals surface area contributed by atoms with Gasteiger partial charge in [-0.1, -0.05) is 0 Å². The summed E-state index contributed by atoms with van der Waals surface area (Å²) in [6.45, 7) is 0. The lowest BCUT2D eigenvalue weighted by molar-refractivity contribution is 0.102. The average Bonchev–Trinajstić information content (AvgIpc) is 2.90. The lowest BCUT2D eigenvalue weighted by atomic mass is 10.1. The maximum absolute atomic E-state index is 12.1. The van der Waals surface area contributed by atoms with Gasteiger partial charge in [0.2, 0.25) is 5.55 Å². The first-order chi connectivity index (χ1) is 9.63. The summed E-state index contributed by atoms with van der Waals surface area (Å²) in [5.41, 5.74) is 0.191. The number of carbonyl (C=O) groups is 1. The predicted molar refractivity (Wildman–Crippen MR) is 73.8 cm³/mol. The third kappa shape index (κ3) is 2.26. The van der Waals surface area contributed by atoms with Gasteiger partial charge in [0.05, 0.1) is 0 Å². The van der Waals surface area contributed by atoms with E-state index in [0.29, 0.717) is 16.1 Å². The van der Waals surface area contributed by atoms with E-state index in [1.54, 1.807) is 23.7 Å². The molecule has 0 saturated carbocycles. The molecule has 3 rings (SSSR count). The molecule has 3 aromatic rings. The molecule has 0 radical (unpaired) electrons. The van der Waals surface area contributed by atoms with E-state index >= 15 is 0 Å². The first-order valence-corrected chi connectivity index (χ1v) is 6.54. The molecule has 0 aliphatic carbocycles. The van der Waals surface area contributed by atoms with Crippen molar-refractivity contribution in [3.63, 3.8) is 0 Å². The van der Waals surface area contributed by atoms with Crippen molar-refractivity contribution >= 4 is 33.3 Å². The number of nitrogens with one attached hydrogen (secondary N) is 2. The second-order valence-corrected chi connectivity index (χ2v) is 4.90. The topological polar surface area (TPSA) is 99.2 Å². The van der Waals surface area contributed by atoms with Crippen LogP contribution < -0.4 is 10.9 Å². The van der Waals surface area contributed by atoms with Gasteiger partial charge in [-0.15, -0.1) is 11.3 Å². The van der Waals surface area contributed by atoms with Crippen LogP contribution in [0.1, 0.15) is 10.4 Å². The lowest BCUT2D eigenvalue weighted by Gasteiger charge is -2.04. The van der Waals surface area contributed by atoms with E-state index in [2.05, 4.69) is 10.3 Å². The Labute approximate surface area is 116 Å². The van der Waals surface area contributed by atoms with Gasteiger partial charge < -0.3 is 9.52 Å². The summed E-state index contributed by atoms with van der Waals surface area (Å²) >= 11 is 1.29. The Hall–Kier alpha value is -2.67. The molecule has 2 aromatic heterocycles. The highest BCUT2D eigenvalue weighted by Crippen LogP contribution is 2.19. The monoisotopic (exact) mass is 287 g/mol. The zero-order valence-corrected chi connectivity index (χ0v) is 10.9. The molecule has 0 aliphatic heterocycles. The van der Waals surface area contributed by atoms with Crippen LogP contribution in [0.15, 0.2) is 40.3 Å². The molecular formula is C13H9N3O3S. The fourth-order valence-electron chi connectivity index (χ4n) is 1.73. The van der Waals surface area contributed by atoms with Gasteiger partial charge in [-0.25, -0.2) is 4.98 Å². The third-order valence-corrected chi connectivity index (χ3v) is 3.34. The van der Waals surface area contributed by atoms with Gasteiger partial charge in [0, 0.05) is 23.0 Å². The first-order valence-electron chi connectivity index (χ1n) is 5.66. The van der Waals surface area contributed by atoms with Gasteiger partial charge >= 0.3 is 0 Å². The number of aromatic hydroxyl groups is 1. The van der Waals surface area contributed by atoms with Crippen molar-refractivity contribution in [2.75, 3.05) is 5.32 Å². The highest BCUT2D eigenvalue weighted by atomic mass is 32.1. The van der Waals surface area contributed by atoms with Crippen molar-refractivity contribution in [3.05, 3.63) is 47.0 Å². The van der Waals surface area contributed by atoms with Gasteiger partial charge in [0.25, 0.3) is 5.91 Å². The number of amides is 1. The van der Waals surface area contributed by atoms with Crippen molar-refractivity contribution < 1.29 is 14.3 Å². The number of benzene rings is 1. The quantitative estimate of drug-likeness (QED) is 0.673. The van der Waals surface area contributed by atoms with Crippen LogP contribution in [0.5, 0.6) is 5.75 Å². The summed E-state index contributed by atoms with van der Waals surface area (Å²) in [5, 5.41) is 22.5. The van der Waals surface area contributed by atoms with Crippen LogP contribution in [0.3, 0.4) is 0 Å². The fraction of sp³-hybridized carbons (Fsp3) is 0. The highest BCUT2D eigenvalue weighted by Gasteiger charge is 2.13. The number of anilines is 1. The Morgan fingerprint density at radius 2 is 2.25 bits per heavy atom. The van der Waals surface area contributed by atoms with Crippen molar-refractivity contribution in [3.8, 4) is 5.75 Å². The molecule has 0 spiro atoms. The van der Waals surface area contributed by atoms with E-state index < -0.39 is 5.91 Å². The minimum atomic E-state index is -0.455.